The molecule has 0 aliphatic heterocycles. The van der Waals surface area contributed by atoms with Crippen molar-refractivity contribution in [3.63, 3.8) is 0 Å². The average molecular weight is 486 g/mol. The molecule has 0 heterocycles. The van der Waals surface area contributed by atoms with Gasteiger partial charge in [-0.05, 0) is 60.0 Å². The van der Waals surface area contributed by atoms with Gasteiger partial charge in [0.2, 0.25) is 15.9 Å². The van der Waals surface area contributed by atoms with Crippen molar-refractivity contribution in [1.29, 1.82) is 0 Å². The minimum Gasteiger partial charge on any atom is -0.497 e. The van der Waals surface area contributed by atoms with Gasteiger partial charge in [-0.15, -0.1) is 0 Å². The Morgan fingerprint density at radius 3 is 2.15 bits per heavy atom. The second-order valence-electron chi connectivity index (χ2n) is 7.95. The van der Waals surface area contributed by atoms with Crippen LogP contribution in [0.1, 0.15) is 22.7 Å². The fourth-order valence-corrected chi connectivity index (χ4v) is 4.58. The molecule has 7 nitrogen and oxygen atoms in total. The molecule has 0 aliphatic carbocycles. The van der Waals surface area contributed by atoms with Gasteiger partial charge in [0.25, 0.3) is 0 Å². The van der Waals surface area contributed by atoms with Gasteiger partial charge < -0.3 is 10.1 Å². The first-order valence-electron chi connectivity index (χ1n) is 10.6. The fraction of sp³-hybridized carbons (Fsp3) is 0.240. The van der Waals surface area contributed by atoms with Gasteiger partial charge in [0.05, 0.1) is 24.6 Å². The second-order valence-corrected chi connectivity index (χ2v) is 10.1. The highest BCUT2D eigenvalue weighted by Gasteiger charge is 2.21. The normalized spacial score (nSPS) is 12.4. The summed E-state index contributed by atoms with van der Waals surface area (Å²) >= 11 is 0. The third-order valence-electron chi connectivity index (χ3n) is 5.35. The van der Waals surface area contributed by atoms with E-state index >= 15 is 0 Å². The zero-order valence-corrected chi connectivity index (χ0v) is 20.3. The smallest absolute Gasteiger partial charge is 0.242 e. The highest BCUT2D eigenvalue weighted by molar-refractivity contribution is 7.89. The van der Waals surface area contributed by atoms with Crippen molar-refractivity contribution in [2.75, 3.05) is 33.1 Å². The molecule has 3 rings (SSSR count). The van der Waals surface area contributed by atoms with E-state index < -0.39 is 10.0 Å². The number of anilines is 1. The summed E-state index contributed by atoms with van der Waals surface area (Å²) in [5, 5.41) is 5.94. The molecule has 1 unspecified atom stereocenters. The zero-order chi connectivity index (χ0) is 24.9. The van der Waals surface area contributed by atoms with Crippen LogP contribution < -0.4 is 15.4 Å². The van der Waals surface area contributed by atoms with Gasteiger partial charge in [-0.25, -0.2) is 17.1 Å². The van der Waals surface area contributed by atoms with E-state index in [1.54, 1.807) is 38.3 Å². The van der Waals surface area contributed by atoms with Crippen LogP contribution in [-0.2, 0) is 14.8 Å². The minimum atomic E-state index is -3.65. The quantitative estimate of drug-likeness (QED) is 0.483. The first-order chi connectivity index (χ1) is 16.1. The van der Waals surface area contributed by atoms with E-state index in [-0.39, 0.29) is 29.2 Å². The number of nitrogens with zero attached hydrogens (tertiary/aromatic N) is 1. The lowest BCUT2D eigenvalue weighted by Gasteiger charge is -2.20. The standard InChI is InChI=1S/C25H28FN3O4S/c1-17-5-12-21(15-23(17)34(31,32)29(2)3)28-24(30)16-27-25(18-6-10-20(26)11-7-18)19-8-13-22(33-4)14-9-19/h5-15,25,27H,16H2,1-4H3,(H,28,30). The number of ether oxygens (including phenoxy) is 1. The van der Waals surface area contributed by atoms with Gasteiger partial charge in [-0.1, -0.05) is 30.3 Å². The number of amides is 1. The lowest BCUT2D eigenvalue weighted by Crippen LogP contribution is -2.32. The van der Waals surface area contributed by atoms with E-state index in [2.05, 4.69) is 10.6 Å². The molecule has 0 saturated heterocycles. The van der Waals surface area contributed by atoms with E-state index in [0.717, 1.165) is 15.4 Å². The molecule has 0 bridgehead atoms. The van der Waals surface area contributed by atoms with E-state index in [1.165, 1.54) is 32.3 Å². The Morgan fingerprint density at radius 2 is 1.59 bits per heavy atom. The molecule has 2 N–H and O–H groups in total. The summed E-state index contributed by atoms with van der Waals surface area (Å²) in [6.07, 6.45) is 0. The molecule has 1 amide bonds. The largest absolute Gasteiger partial charge is 0.497 e. The Hall–Kier alpha value is -3.27. The summed E-state index contributed by atoms with van der Waals surface area (Å²) in [5.41, 5.74) is 2.62. The number of carbonyl (C=O) groups is 1. The molecule has 0 aromatic heterocycles. The predicted octanol–water partition coefficient (Wildman–Crippen LogP) is 3.71. The Bertz CT molecular complexity index is 1240. The number of halogens is 1. The number of methoxy groups -OCH3 is 1. The van der Waals surface area contributed by atoms with Crippen LogP contribution in [0.3, 0.4) is 0 Å². The van der Waals surface area contributed by atoms with Gasteiger partial charge in [0.15, 0.2) is 0 Å². The molecule has 0 radical (unpaired) electrons. The first kappa shape index (κ1) is 25.4. The van der Waals surface area contributed by atoms with Gasteiger partial charge in [-0.2, -0.15) is 0 Å². The average Bonchev–Trinajstić information content (AvgIpc) is 2.81. The van der Waals surface area contributed by atoms with Crippen molar-refractivity contribution < 1.29 is 22.3 Å². The van der Waals surface area contributed by atoms with Crippen LogP contribution in [0.5, 0.6) is 5.75 Å². The van der Waals surface area contributed by atoms with E-state index in [0.29, 0.717) is 17.0 Å². The Labute approximate surface area is 199 Å². The van der Waals surface area contributed by atoms with Crippen molar-refractivity contribution in [3.8, 4) is 5.75 Å². The highest BCUT2D eigenvalue weighted by Crippen LogP contribution is 2.25. The van der Waals surface area contributed by atoms with Gasteiger partial charge in [0.1, 0.15) is 11.6 Å². The topological polar surface area (TPSA) is 87.7 Å². The molecule has 0 spiro atoms. The summed E-state index contributed by atoms with van der Waals surface area (Å²) in [4.78, 5) is 12.8. The third-order valence-corrected chi connectivity index (χ3v) is 7.31. The molecule has 3 aromatic rings. The molecular formula is C25H28FN3O4S. The van der Waals surface area contributed by atoms with Crippen LogP contribution >= 0.6 is 0 Å². The van der Waals surface area contributed by atoms with Crippen molar-refractivity contribution >= 4 is 21.6 Å². The fourth-order valence-electron chi connectivity index (χ4n) is 3.43. The molecule has 0 fully saturated rings. The lowest BCUT2D eigenvalue weighted by molar-refractivity contribution is -0.115. The van der Waals surface area contributed by atoms with Crippen LogP contribution in [0.15, 0.2) is 71.6 Å². The van der Waals surface area contributed by atoms with Crippen molar-refractivity contribution in [2.24, 2.45) is 0 Å². The Balaban J connectivity index is 1.78. The molecule has 34 heavy (non-hydrogen) atoms. The van der Waals surface area contributed by atoms with Gasteiger partial charge >= 0.3 is 0 Å². The maximum atomic E-state index is 13.5. The summed E-state index contributed by atoms with van der Waals surface area (Å²) in [5.74, 6) is -0.00213. The third kappa shape index (κ3) is 5.99. The number of rotatable bonds is 9. The predicted molar refractivity (Wildman–Crippen MR) is 130 cm³/mol. The molecule has 0 aliphatic rings. The summed E-state index contributed by atoms with van der Waals surface area (Å²) in [6, 6.07) is 17.8. The van der Waals surface area contributed by atoms with Crippen molar-refractivity contribution in [2.45, 2.75) is 17.9 Å². The molecule has 1 atom stereocenters. The zero-order valence-electron chi connectivity index (χ0n) is 19.5. The number of sulfonamides is 1. The van der Waals surface area contributed by atoms with Crippen LogP contribution in [0, 0.1) is 12.7 Å². The van der Waals surface area contributed by atoms with E-state index in [1.807, 2.05) is 24.3 Å². The number of carbonyl (C=O) groups excluding carboxylic acids is 1. The number of hydrogen-bond acceptors (Lipinski definition) is 5. The van der Waals surface area contributed by atoms with Crippen LogP contribution in [0.2, 0.25) is 0 Å². The Morgan fingerprint density at radius 1 is 1.00 bits per heavy atom. The number of benzene rings is 3. The maximum absolute atomic E-state index is 13.5. The second kappa shape index (κ2) is 10.8. The molecule has 9 heteroatoms. The first-order valence-corrected chi connectivity index (χ1v) is 12.0. The lowest BCUT2D eigenvalue weighted by atomic mass is 9.98. The van der Waals surface area contributed by atoms with Crippen LogP contribution in [0.4, 0.5) is 10.1 Å². The molecular weight excluding hydrogens is 457 g/mol. The van der Waals surface area contributed by atoms with E-state index in [9.17, 15) is 17.6 Å². The molecule has 180 valence electrons. The SMILES string of the molecule is COc1ccc(C(NCC(=O)Nc2ccc(C)c(S(=O)(=O)N(C)C)c2)c2ccc(F)cc2)cc1. The van der Waals surface area contributed by atoms with Crippen LogP contribution in [-0.4, -0.2) is 46.4 Å². The number of aryl methyl sites for hydroxylation is 1. The van der Waals surface area contributed by atoms with Crippen LogP contribution in [0.25, 0.3) is 0 Å². The summed E-state index contributed by atoms with van der Waals surface area (Å²) < 4.78 is 44.9. The highest BCUT2D eigenvalue weighted by atomic mass is 32.2. The summed E-state index contributed by atoms with van der Waals surface area (Å²) in [7, 11) is 0.845. The molecule has 0 saturated carbocycles. The monoisotopic (exact) mass is 485 g/mol. The summed E-state index contributed by atoms with van der Waals surface area (Å²) in [6.45, 7) is 1.64. The number of hydrogen-bond donors (Lipinski definition) is 2. The van der Waals surface area contributed by atoms with Crippen molar-refractivity contribution in [3.05, 3.63) is 89.2 Å². The Kier molecular flexibility index (Phi) is 8.03. The number of nitrogens with one attached hydrogen (secondary N) is 2. The maximum Gasteiger partial charge on any atom is 0.242 e. The van der Waals surface area contributed by atoms with Gasteiger partial charge in [0, 0.05) is 19.8 Å². The van der Waals surface area contributed by atoms with Gasteiger partial charge in [-0.3, -0.25) is 10.1 Å². The van der Waals surface area contributed by atoms with E-state index in [4.69, 9.17) is 4.74 Å². The molecule has 3 aromatic carbocycles. The van der Waals surface area contributed by atoms with Crippen molar-refractivity contribution in [1.82, 2.24) is 9.62 Å². The minimum absolute atomic E-state index is 0.0578.